The molecule has 0 aliphatic heterocycles. The van der Waals surface area contributed by atoms with E-state index in [0.29, 0.717) is 5.56 Å². The van der Waals surface area contributed by atoms with Gasteiger partial charge >= 0.3 is 0 Å². The highest BCUT2D eigenvalue weighted by molar-refractivity contribution is 6.16. The van der Waals surface area contributed by atoms with E-state index in [0.717, 1.165) is 12.0 Å². The Labute approximate surface area is 60.7 Å². The fourth-order valence-electron chi connectivity index (χ4n) is 0.702. The van der Waals surface area contributed by atoms with E-state index in [2.05, 4.69) is 5.23 Å². The molecule has 0 aliphatic rings. The third-order valence-corrected chi connectivity index (χ3v) is 1.19. The molecule has 0 fully saturated rings. The number of hydrogen-bond acceptors (Lipinski definition) is 2. The molecule has 2 radical (unpaired) electrons. The second-order valence-corrected chi connectivity index (χ2v) is 1.89. The number of hydrogen-bond donors (Lipinski definition) is 1. The van der Waals surface area contributed by atoms with Crippen LogP contribution in [0, 0.1) is 0 Å². The molecule has 1 N–H and O–H groups in total. The van der Waals surface area contributed by atoms with Gasteiger partial charge in [-0.25, -0.2) is 0 Å². The van der Waals surface area contributed by atoms with Crippen LogP contribution in [-0.4, -0.2) is 14.3 Å². The van der Waals surface area contributed by atoms with E-state index in [4.69, 9.17) is 7.98 Å². The maximum atomic E-state index is 10.2. The summed E-state index contributed by atoms with van der Waals surface area (Å²) in [4.78, 5) is 10.2. The number of nitrogens with one attached hydrogen (secondary N) is 1. The molecule has 0 amide bonds. The van der Waals surface area contributed by atoms with Crippen LogP contribution in [0.4, 0.5) is 5.69 Å². The van der Waals surface area contributed by atoms with Gasteiger partial charge in [-0.3, -0.25) is 4.79 Å². The number of benzene rings is 1. The Morgan fingerprint density at radius 2 is 2.30 bits per heavy atom. The van der Waals surface area contributed by atoms with E-state index in [-0.39, 0.29) is 0 Å². The van der Waals surface area contributed by atoms with Gasteiger partial charge in [0.2, 0.25) is 7.98 Å². The number of carbonyl (C=O) groups is 1. The van der Waals surface area contributed by atoms with Crippen molar-refractivity contribution >= 4 is 20.0 Å². The Balaban J connectivity index is 2.98. The highest BCUT2D eigenvalue weighted by atomic mass is 16.1. The molecule has 0 saturated heterocycles. The largest absolute Gasteiger partial charge is 0.437 e. The zero-order valence-corrected chi connectivity index (χ0v) is 5.37. The van der Waals surface area contributed by atoms with Crippen molar-refractivity contribution < 1.29 is 4.79 Å². The van der Waals surface area contributed by atoms with Gasteiger partial charge in [-0.2, -0.15) is 0 Å². The molecule has 0 spiro atoms. The fraction of sp³-hybridized carbons (Fsp3) is 0. The van der Waals surface area contributed by atoms with Gasteiger partial charge in [-0.15, -0.1) is 0 Å². The summed E-state index contributed by atoms with van der Waals surface area (Å²) in [5.74, 6) is 0. The van der Waals surface area contributed by atoms with Gasteiger partial charge in [-0.1, -0.05) is 12.1 Å². The van der Waals surface area contributed by atoms with Gasteiger partial charge in [0.1, 0.15) is 6.29 Å². The zero-order chi connectivity index (χ0) is 7.40. The Hall–Kier alpha value is -1.25. The van der Waals surface area contributed by atoms with Crippen molar-refractivity contribution in [3.05, 3.63) is 29.8 Å². The Kier molecular flexibility index (Phi) is 2.10. The van der Waals surface area contributed by atoms with Crippen molar-refractivity contribution in [1.82, 2.24) is 0 Å². The number of anilines is 1. The molecule has 0 saturated carbocycles. The average molecular weight is 131 g/mol. The smallest absolute Gasteiger partial charge is 0.222 e. The molecule has 0 unspecified atom stereocenters. The van der Waals surface area contributed by atoms with Crippen molar-refractivity contribution in [3.8, 4) is 0 Å². The van der Waals surface area contributed by atoms with Crippen LogP contribution >= 0.6 is 0 Å². The molecule has 0 aliphatic carbocycles. The first-order chi connectivity index (χ1) is 4.86. The molecule has 48 valence electrons. The molecular formula is C7H6BNO. The summed E-state index contributed by atoms with van der Waals surface area (Å²) >= 11 is 0. The van der Waals surface area contributed by atoms with Gasteiger partial charge in [0.25, 0.3) is 0 Å². The van der Waals surface area contributed by atoms with Crippen molar-refractivity contribution in [2.24, 2.45) is 0 Å². The van der Waals surface area contributed by atoms with Crippen LogP contribution in [0.3, 0.4) is 0 Å². The first-order valence-corrected chi connectivity index (χ1v) is 2.88. The molecule has 1 aromatic carbocycles. The molecule has 0 heterocycles. The maximum Gasteiger partial charge on any atom is 0.222 e. The minimum atomic E-state index is 0.621. The van der Waals surface area contributed by atoms with E-state index in [1.54, 1.807) is 24.3 Å². The fourth-order valence-corrected chi connectivity index (χ4v) is 0.702. The lowest BCUT2D eigenvalue weighted by Gasteiger charge is -1.98. The summed E-state index contributed by atoms with van der Waals surface area (Å²) in [6.45, 7) is 0. The normalized spacial score (nSPS) is 8.80. The highest BCUT2D eigenvalue weighted by Gasteiger charge is 1.89. The van der Waals surface area contributed by atoms with Gasteiger partial charge in [0, 0.05) is 11.3 Å². The predicted molar refractivity (Wildman–Crippen MR) is 41.2 cm³/mol. The minimum absolute atomic E-state index is 0.621. The zero-order valence-electron chi connectivity index (χ0n) is 5.37. The van der Waals surface area contributed by atoms with E-state index in [1.165, 1.54) is 0 Å². The third-order valence-electron chi connectivity index (χ3n) is 1.19. The van der Waals surface area contributed by atoms with Crippen LogP contribution in [0.2, 0.25) is 0 Å². The van der Waals surface area contributed by atoms with Gasteiger partial charge in [0.15, 0.2) is 0 Å². The van der Waals surface area contributed by atoms with E-state index in [9.17, 15) is 4.79 Å². The lowest BCUT2D eigenvalue weighted by Crippen LogP contribution is -1.90. The Morgan fingerprint density at radius 3 is 2.90 bits per heavy atom. The summed E-state index contributed by atoms with van der Waals surface area (Å²) in [5, 5.41) is 2.44. The van der Waals surface area contributed by atoms with Gasteiger partial charge < -0.3 is 5.23 Å². The summed E-state index contributed by atoms with van der Waals surface area (Å²) in [7, 11) is 5.11. The molecule has 3 heteroatoms. The van der Waals surface area contributed by atoms with Crippen molar-refractivity contribution in [1.29, 1.82) is 0 Å². The SMILES string of the molecule is [B]Nc1cccc(C=O)c1. The third kappa shape index (κ3) is 1.38. The minimum Gasteiger partial charge on any atom is -0.437 e. The standard InChI is InChI=1S/C7H6BNO/c8-9-7-3-1-2-6(4-7)5-10/h1-5,9H. The molecule has 10 heavy (non-hydrogen) atoms. The first-order valence-electron chi connectivity index (χ1n) is 2.88. The number of rotatable bonds is 2. The van der Waals surface area contributed by atoms with Gasteiger partial charge in [-0.05, 0) is 12.1 Å². The quantitative estimate of drug-likeness (QED) is 0.479. The van der Waals surface area contributed by atoms with E-state index < -0.39 is 0 Å². The molecule has 1 rings (SSSR count). The summed E-state index contributed by atoms with van der Waals surface area (Å²) < 4.78 is 0. The van der Waals surface area contributed by atoms with Crippen LogP contribution in [-0.2, 0) is 0 Å². The molecule has 0 aromatic heterocycles. The van der Waals surface area contributed by atoms with E-state index in [1.807, 2.05) is 0 Å². The van der Waals surface area contributed by atoms with E-state index >= 15 is 0 Å². The maximum absolute atomic E-state index is 10.2. The van der Waals surface area contributed by atoms with Crippen molar-refractivity contribution in [3.63, 3.8) is 0 Å². The van der Waals surface area contributed by atoms with Gasteiger partial charge in [0.05, 0.1) is 0 Å². The Bertz CT molecular complexity index is 237. The topological polar surface area (TPSA) is 29.1 Å². The lowest BCUT2D eigenvalue weighted by atomic mass is 10.2. The molecule has 0 atom stereocenters. The van der Waals surface area contributed by atoms with Crippen molar-refractivity contribution in [2.45, 2.75) is 0 Å². The highest BCUT2D eigenvalue weighted by Crippen LogP contribution is 2.06. The number of carbonyl (C=O) groups excluding carboxylic acids is 1. The van der Waals surface area contributed by atoms with Crippen LogP contribution in [0.5, 0.6) is 0 Å². The molecule has 1 aromatic rings. The second-order valence-electron chi connectivity index (χ2n) is 1.89. The molecular weight excluding hydrogens is 125 g/mol. The van der Waals surface area contributed by atoms with Crippen LogP contribution < -0.4 is 5.23 Å². The molecule has 0 bridgehead atoms. The Morgan fingerprint density at radius 1 is 1.50 bits per heavy atom. The molecule has 2 nitrogen and oxygen atoms in total. The lowest BCUT2D eigenvalue weighted by molar-refractivity contribution is 0.112. The number of aldehydes is 1. The first kappa shape index (κ1) is 6.87. The summed E-state index contributed by atoms with van der Waals surface area (Å²) in [6, 6.07) is 6.94. The summed E-state index contributed by atoms with van der Waals surface area (Å²) in [5.41, 5.74) is 1.36. The van der Waals surface area contributed by atoms with Crippen LogP contribution in [0.25, 0.3) is 0 Å². The van der Waals surface area contributed by atoms with Crippen LogP contribution in [0.1, 0.15) is 10.4 Å². The summed E-state index contributed by atoms with van der Waals surface area (Å²) in [6.07, 6.45) is 0.779. The predicted octanol–water partition coefficient (Wildman–Crippen LogP) is 0.994. The van der Waals surface area contributed by atoms with Crippen molar-refractivity contribution in [2.75, 3.05) is 5.23 Å². The van der Waals surface area contributed by atoms with Crippen LogP contribution in [0.15, 0.2) is 24.3 Å². The average Bonchev–Trinajstić information content (AvgIpc) is 2.05. The second kappa shape index (κ2) is 3.06. The monoisotopic (exact) mass is 131 g/mol.